The van der Waals surface area contributed by atoms with Gasteiger partial charge in [-0.05, 0) is 50.8 Å². The maximum atomic E-state index is 12.9. The van der Waals surface area contributed by atoms with Crippen molar-refractivity contribution in [1.82, 2.24) is 0 Å². The lowest BCUT2D eigenvalue weighted by Crippen LogP contribution is -2.34. The van der Waals surface area contributed by atoms with Crippen LogP contribution in [0.1, 0.15) is 32.3 Å². The van der Waals surface area contributed by atoms with Gasteiger partial charge in [-0.15, -0.1) is 0 Å². The van der Waals surface area contributed by atoms with Gasteiger partial charge < -0.3 is 11.1 Å². The first-order valence-electron chi connectivity index (χ1n) is 5.95. The van der Waals surface area contributed by atoms with Gasteiger partial charge in [-0.1, -0.05) is 0 Å². The van der Waals surface area contributed by atoms with Crippen molar-refractivity contribution in [3.63, 3.8) is 0 Å². The number of benzene rings is 1. The Bertz CT molecular complexity index is 448. The van der Waals surface area contributed by atoms with Gasteiger partial charge in [0.2, 0.25) is 0 Å². The van der Waals surface area contributed by atoms with Crippen LogP contribution in [0.25, 0.3) is 0 Å². The molecule has 1 aliphatic rings. The predicted molar refractivity (Wildman–Crippen MR) is 66.3 cm³/mol. The first-order chi connectivity index (χ1) is 8.20. The molecule has 3 N–H and O–H groups in total. The molecule has 0 atom stereocenters. The fourth-order valence-electron chi connectivity index (χ4n) is 2.16. The molecule has 0 heterocycles. The Balaban J connectivity index is 2.32. The molecular weight excluding hydrogens is 241 g/mol. The first-order valence-corrected chi connectivity index (χ1v) is 5.95. The zero-order chi connectivity index (χ0) is 13.6. The molecule has 0 bridgehead atoms. The SMILES string of the molecule is CC(C)(Nc1ccc(N)cc1C(F)(F)F)C1CC1. The van der Waals surface area contributed by atoms with Crippen molar-refractivity contribution in [3.8, 4) is 0 Å². The van der Waals surface area contributed by atoms with Crippen LogP contribution in [0, 0.1) is 5.92 Å². The molecule has 1 aromatic carbocycles. The van der Waals surface area contributed by atoms with Gasteiger partial charge in [0.1, 0.15) is 0 Å². The highest BCUT2D eigenvalue weighted by molar-refractivity contribution is 5.60. The molecule has 0 saturated heterocycles. The number of rotatable bonds is 3. The van der Waals surface area contributed by atoms with Crippen LogP contribution in [0.2, 0.25) is 0 Å². The van der Waals surface area contributed by atoms with E-state index in [1.807, 2.05) is 13.8 Å². The topological polar surface area (TPSA) is 38.0 Å². The number of hydrogen-bond donors (Lipinski definition) is 2. The fourth-order valence-corrected chi connectivity index (χ4v) is 2.16. The molecule has 100 valence electrons. The van der Waals surface area contributed by atoms with Crippen LogP contribution in [0.4, 0.5) is 24.5 Å². The smallest absolute Gasteiger partial charge is 0.399 e. The van der Waals surface area contributed by atoms with Gasteiger partial charge in [0.15, 0.2) is 0 Å². The molecule has 0 radical (unpaired) electrons. The number of nitrogens with one attached hydrogen (secondary N) is 1. The predicted octanol–water partition coefficient (Wildman–Crippen LogP) is 3.89. The second-order valence-electron chi connectivity index (χ2n) is 5.42. The number of halogens is 3. The molecule has 0 amide bonds. The van der Waals surface area contributed by atoms with Crippen LogP contribution >= 0.6 is 0 Å². The van der Waals surface area contributed by atoms with Gasteiger partial charge in [0.25, 0.3) is 0 Å². The Morgan fingerprint density at radius 3 is 2.33 bits per heavy atom. The van der Waals surface area contributed by atoms with E-state index in [9.17, 15) is 13.2 Å². The van der Waals surface area contributed by atoms with Crippen molar-refractivity contribution in [2.24, 2.45) is 5.92 Å². The van der Waals surface area contributed by atoms with Crippen molar-refractivity contribution < 1.29 is 13.2 Å². The molecule has 1 aliphatic carbocycles. The lowest BCUT2D eigenvalue weighted by atomic mass is 9.97. The summed E-state index contributed by atoms with van der Waals surface area (Å²) in [5.41, 5.74) is 4.64. The zero-order valence-corrected chi connectivity index (χ0v) is 10.4. The van der Waals surface area contributed by atoms with E-state index in [2.05, 4.69) is 5.32 Å². The highest BCUT2D eigenvalue weighted by atomic mass is 19.4. The van der Waals surface area contributed by atoms with Crippen molar-refractivity contribution >= 4 is 11.4 Å². The Morgan fingerprint density at radius 1 is 1.22 bits per heavy atom. The zero-order valence-electron chi connectivity index (χ0n) is 10.4. The lowest BCUT2D eigenvalue weighted by molar-refractivity contribution is -0.136. The Kier molecular flexibility index (Phi) is 2.95. The third kappa shape index (κ3) is 2.71. The summed E-state index contributed by atoms with van der Waals surface area (Å²) in [7, 11) is 0. The van der Waals surface area contributed by atoms with Gasteiger partial charge in [-0.3, -0.25) is 0 Å². The van der Waals surface area contributed by atoms with E-state index in [-0.39, 0.29) is 16.9 Å². The van der Waals surface area contributed by atoms with Gasteiger partial charge in [0, 0.05) is 16.9 Å². The average Bonchev–Trinajstić information content (AvgIpc) is 3.02. The van der Waals surface area contributed by atoms with Crippen LogP contribution in [-0.2, 0) is 6.18 Å². The number of nitrogen functional groups attached to an aromatic ring is 1. The molecule has 2 nitrogen and oxygen atoms in total. The van der Waals surface area contributed by atoms with Crippen LogP contribution in [0.3, 0.4) is 0 Å². The molecule has 5 heteroatoms. The number of anilines is 2. The molecule has 0 spiro atoms. The highest BCUT2D eigenvalue weighted by Crippen LogP contribution is 2.43. The molecule has 1 aromatic rings. The maximum Gasteiger partial charge on any atom is 0.418 e. The second kappa shape index (κ2) is 4.07. The van der Waals surface area contributed by atoms with Crippen LogP contribution in [-0.4, -0.2) is 5.54 Å². The minimum Gasteiger partial charge on any atom is -0.399 e. The van der Waals surface area contributed by atoms with E-state index in [0.717, 1.165) is 18.9 Å². The van der Waals surface area contributed by atoms with Crippen molar-refractivity contribution in [1.29, 1.82) is 0 Å². The number of alkyl halides is 3. The maximum absolute atomic E-state index is 12.9. The largest absolute Gasteiger partial charge is 0.418 e. The summed E-state index contributed by atoms with van der Waals surface area (Å²) in [6.07, 6.45) is -2.26. The van der Waals surface area contributed by atoms with Crippen molar-refractivity contribution in [2.75, 3.05) is 11.1 Å². The van der Waals surface area contributed by atoms with Gasteiger partial charge in [0.05, 0.1) is 5.56 Å². The summed E-state index contributed by atoms with van der Waals surface area (Å²) in [5.74, 6) is 0.441. The van der Waals surface area contributed by atoms with Crippen molar-refractivity contribution in [3.05, 3.63) is 23.8 Å². The minimum absolute atomic E-state index is 0.105. The van der Waals surface area contributed by atoms with Crippen molar-refractivity contribution in [2.45, 2.75) is 38.4 Å². The summed E-state index contributed by atoms with van der Waals surface area (Å²) in [6.45, 7) is 3.86. The fraction of sp³-hybridized carbons (Fsp3) is 0.538. The summed E-state index contributed by atoms with van der Waals surface area (Å²) in [4.78, 5) is 0. The van der Waals surface area contributed by atoms with Gasteiger partial charge in [-0.25, -0.2) is 0 Å². The molecule has 1 saturated carbocycles. The minimum atomic E-state index is -4.39. The third-order valence-corrected chi connectivity index (χ3v) is 3.40. The molecule has 18 heavy (non-hydrogen) atoms. The molecule has 0 unspecified atom stereocenters. The summed E-state index contributed by atoms with van der Waals surface area (Å²) < 4.78 is 38.8. The van der Waals surface area contributed by atoms with Crippen LogP contribution in [0.5, 0.6) is 0 Å². The van der Waals surface area contributed by atoms with E-state index < -0.39 is 11.7 Å². The summed E-state index contributed by atoms with van der Waals surface area (Å²) in [5, 5.41) is 3.01. The molecule has 2 rings (SSSR count). The van der Waals surface area contributed by atoms with E-state index in [1.165, 1.54) is 12.1 Å². The van der Waals surface area contributed by atoms with E-state index in [1.54, 1.807) is 0 Å². The Morgan fingerprint density at radius 2 is 1.83 bits per heavy atom. The van der Waals surface area contributed by atoms with Crippen LogP contribution in [0.15, 0.2) is 18.2 Å². The second-order valence-corrected chi connectivity index (χ2v) is 5.42. The summed E-state index contributed by atoms with van der Waals surface area (Å²) >= 11 is 0. The van der Waals surface area contributed by atoms with E-state index in [0.29, 0.717) is 5.92 Å². The first kappa shape index (κ1) is 13.1. The van der Waals surface area contributed by atoms with E-state index in [4.69, 9.17) is 5.73 Å². The lowest BCUT2D eigenvalue weighted by Gasteiger charge is -2.29. The van der Waals surface area contributed by atoms with Gasteiger partial charge in [-0.2, -0.15) is 13.2 Å². The monoisotopic (exact) mass is 258 g/mol. The highest BCUT2D eigenvalue weighted by Gasteiger charge is 2.40. The van der Waals surface area contributed by atoms with Crippen LogP contribution < -0.4 is 11.1 Å². The molecule has 1 fully saturated rings. The normalized spacial score (nSPS) is 16.7. The number of nitrogens with two attached hydrogens (primary N) is 1. The average molecular weight is 258 g/mol. The Hall–Kier alpha value is -1.39. The third-order valence-electron chi connectivity index (χ3n) is 3.40. The molecule has 0 aliphatic heterocycles. The van der Waals surface area contributed by atoms with Gasteiger partial charge >= 0.3 is 6.18 Å². The standard InChI is InChI=1S/C13H17F3N2/c1-12(2,8-3-4-8)18-11-6-5-9(17)7-10(11)13(14,15)16/h5-8,18H,3-4,17H2,1-2H3. The Labute approximate surface area is 104 Å². The summed E-state index contributed by atoms with van der Waals surface area (Å²) in [6, 6.07) is 3.87. The molecular formula is C13H17F3N2. The molecule has 0 aromatic heterocycles. The van der Waals surface area contributed by atoms with E-state index >= 15 is 0 Å². The number of hydrogen-bond acceptors (Lipinski definition) is 2. The quantitative estimate of drug-likeness (QED) is 0.807.